The van der Waals surface area contributed by atoms with Crippen molar-refractivity contribution in [2.45, 2.75) is 19.3 Å². The van der Waals surface area contributed by atoms with Gasteiger partial charge in [0.1, 0.15) is 5.58 Å². The molecule has 0 spiro atoms. The molecule has 3 aromatic rings. The Hall–Kier alpha value is -2.43. The standard InChI is InChI=1S/C15H14O5/c1-18-14-11-6-8-19-13(11)9(3-2-4-12(16)17)10-5-7-20-15(10)14/h5-8H,2-4H2,1H3,(H,16,17). The molecule has 104 valence electrons. The summed E-state index contributed by atoms with van der Waals surface area (Å²) in [6, 6.07) is 3.69. The van der Waals surface area contributed by atoms with Crippen LogP contribution in [0.4, 0.5) is 0 Å². The van der Waals surface area contributed by atoms with Gasteiger partial charge in [0.15, 0.2) is 11.3 Å². The fourth-order valence-corrected chi connectivity index (χ4v) is 2.56. The minimum absolute atomic E-state index is 0.133. The zero-order chi connectivity index (χ0) is 14.1. The van der Waals surface area contributed by atoms with Gasteiger partial charge >= 0.3 is 5.97 Å². The maximum absolute atomic E-state index is 10.7. The number of carboxylic acids is 1. The van der Waals surface area contributed by atoms with Crippen LogP contribution in [0.15, 0.2) is 33.5 Å². The second-order valence-corrected chi connectivity index (χ2v) is 4.59. The molecule has 0 aliphatic heterocycles. The van der Waals surface area contributed by atoms with Gasteiger partial charge in [-0.05, 0) is 25.0 Å². The average Bonchev–Trinajstić information content (AvgIpc) is 3.05. The molecule has 5 nitrogen and oxygen atoms in total. The first kappa shape index (κ1) is 12.6. The van der Waals surface area contributed by atoms with Crippen LogP contribution in [-0.2, 0) is 11.2 Å². The normalized spacial score (nSPS) is 11.2. The van der Waals surface area contributed by atoms with E-state index < -0.39 is 5.97 Å². The number of carboxylic acid groups (broad SMARTS) is 1. The Balaban J connectivity index is 2.14. The number of carbonyl (C=O) groups is 1. The summed E-state index contributed by atoms with van der Waals surface area (Å²) >= 11 is 0. The van der Waals surface area contributed by atoms with E-state index in [9.17, 15) is 4.79 Å². The summed E-state index contributed by atoms with van der Waals surface area (Å²) in [6.07, 6.45) is 4.52. The van der Waals surface area contributed by atoms with Gasteiger partial charge in [0.05, 0.1) is 25.0 Å². The molecule has 5 heteroatoms. The molecule has 0 fully saturated rings. The number of methoxy groups -OCH3 is 1. The highest BCUT2D eigenvalue weighted by Crippen LogP contribution is 2.39. The molecule has 0 atom stereocenters. The highest BCUT2D eigenvalue weighted by Gasteiger charge is 2.19. The lowest BCUT2D eigenvalue weighted by molar-refractivity contribution is -0.137. The summed E-state index contributed by atoms with van der Waals surface area (Å²) in [5, 5.41) is 10.5. The van der Waals surface area contributed by atoms with E-state index in [2.05, 4.69) is 0 Å². The Morgan fingerprint density at radius 3 is 2.60 bits per heavy atom. The summed E-state index contributed by atoms with van der Waals surface area (Å²) in [5.41, 5.74) is 2.38. The van der Waals surface area contributed by atoms with Gasteiger partial charge in [0.25, 0.3) is 0 Å². The summed E-state index contributed by atoms with van der Waals surface area (Å²) < 4.78 is 16.5. The lowest BCUT2D eigenvalue weighted by Crippen LogP contribution is -1.97. The van der Waals surface area contributed by atoms with Crippen LogP contribution in [0.25, 0.3) is 21.9 Å². The van der Waals surface area contributed by atoms with Crippen LogP contribution in [0, 0.1) is 0 Å². The van der Waals surface area contributed by atoms with Crippen molar-refractivity contribution < 1.29 is 23.5 Å². The molecule has 0 radical (unpaired) electrons. The Morgan fingerprint density at radius 2 is 1.90 bits per heavy atom. The van der Waals surface area contributed by atoms with E-state index >= 15 is 0 Å². The number of aryl methyl sites for hydroxylation is 1. The van der Waals surface area contributed by atoms with Crippen molar-refractivity contribution in [2.75, 3.05) is 7.11 Å². The van der Waals surface area contributed by atoms with E-state index in [1.807, 2.05) is 12.1 Å². The van der Waals surface area contributed by atoms with E-state index in [0.29, 0.717) is 24.2 Å². The molecular weight excluding hydrogens is 260 g/mol. The SMILES string of the molecule is COc1c2ccoc2c(CCCC(=O)O)c2ccoc12. The highest BCUT2D eigenvalue weighted by molar-refractivity contribution is 6.04. The zero-order valence-corrected chi connectivity index (χ0v) is 11.0. The summed E-state index contributed by atoms with van der Waals surface area (Å²) in [6.45, 7) is 0. The molecule has 0 bridgehead atoms. The Bertz CT molecular complexity index is 713. The van der Waals surface area contributed by atoms with Crippen LogP contribution in [0.5, 0.6) is 5.75 Å². The molecule has 20 heavy (non-hydrogen) atoms. The van der Waals surface area contributed by atoms with Gasteiger partial charge in [-0.15, -0.1) is 0 Å². The van der Waals surface area contributed by atoms with Gasteiger partial charge < -0.3 is 18.7 Å². The smallest absolute Gasteiger partial charge is 0.303 e. The lowest BCUT2D eigenvalue weighted by atomic mass is 10.0. The van der Waals surface area contributed by atoms with Crippen molar-refractivity contribution in [1.29, 1.82) is 0 Å². The van der Waals surface area contributed by atoms with Gasteiger partial charge in [0.2, 0.25) is 0 Å². The first-order valence-corrected chi connectivity index (χ1v) is 6.37. The Labute approximate surface area is 114 Å². The number of ether oxygens (including phenoxy) is 1. The van der Waals surface area contributed by atoms with Crippen molar-refractivity contribution in [1.82, 2.24) is 0 Å². The first-order valence-electron chi connectivity index (χ1n) is 6.37. The summed E-state index contributed by atoms with van der Waals surface area (Å²) in [4.78, 5) is 10.7. The quantitative estimate of drug-likeness (QED) is 0.769. The van der Waals surface area contributed by atoms with Crippen LogP contribution in [0.1, 0.15) is 18.4 Å². The summed E-state index contributed by atoms with van der Waals surface area (Å²) in [7, 11) is 1.59. The molecule has 1 aromatic carbocycles. The molecule has 0 saturated heterocycles. The minimum atomic E-state index is -0.794. The molecule has 1 N–H and O–H groups in total. The number of hydrogen-bond donors (Lipinski definition) is 1. The molecule has 2 heterocycles. The molecule has 0 saturated carbocycles. The van der Waals surface area contributed by atoms with Crippen LogP contribution in [0.3, 0.4) is 0 Å². The zero-order valence-electron chi connectivity index (χ0n) is 11.0. The number of rotatable bonds is 5. The maximum Gasteiger partial charge on any atom is 0.303 e. The highest BCUT2D eigenvalue weighted by atomic mass is 16.5. The van der Waals surface area contributed by atoms with Gasteiger partial charge in [-0.2, -0.15) is 0 Å². The predicted molar refractivity (Wildman–Crippen MR) is 73.1 cm³/mol. The van der Waals surface area contributed by atoms with Crippen LogP contribution in [-0.4, -0.2) is 18.2 Å². The summed E-state index contributed by atoms with van der Waals surface area (Å²) in [5.74, 6) is -0.145. The van der Waals surface area contributed by atoms with Crippen LogP contribution in [0.2, 0.25) is 0 Å². The van der Waals surface area contributed by atoms with Gasteiger partial charge in [0, 0.05) is 17.4 Å². The predicted octanol–water partition coefficient (Wildman–Crippen LogP) is 3.59. The third-order valence-electron chi connectivity index (χ3n) is 3.40. The first-order chi connectivity index (χ1) is 9.72. The van der Waals surface area contributed by atoms with Crippen molar-refractivity contribution in [3.63, 3.8) is 0 Å². The molecule has 0 amide bonds. The van der Waals surface area contributed by atoms with E-state index in [1.165, 1.54) is 0 Å². The second-order valence-electron chi connectivity index (χ2n) is 4.59. The number of benzene rings is 1. The number of hydrogen-bond acceptors (Lipinski definition) is 4. The fraction of sp³-hybridized carbons (Fsp3) is 0.267. The minimum Gasteiger partial charge on any atom is -0.492 e. The number of aliphatic carboxylic acids is 1. The van der Waals surface area contributed by atoms with Gasteiger partial charge in [-0.3, -0.25) is 4.79 Å². The molecule has 0 unspecified atom stereocenters. The third-order valence-corrected chi connectivity index (χ3v) is 3.40. The Kier molecular flexibility index (Phi) is 3.10. The second kappa shape index (κ2) is 4.92. The van der Waals surface area contributed by atoms with Crippen molar-refractivity contribution in [2.24, 2.45) is 0 Å². The van der Waals surface area contributed by atoms with Gasteiger partial charge in [-0.25, -0.2) is 0 Å². The van der Waals surface area contributed by atoms with E-state index in [-0.39, 0.29) is 6.42 Å². The van der Waals surface area contributed by atoms with E-state index in [1.54, 1.807) is 19.6 Å². The van der Waals surface area contributed by atoms with Crippen LogP contribution < -0.4 is 4.74 Å². The monoisotopic (exact) mass is 274 g/mol. The van der Waals surface area contributed by atoms with Gasteiger partial charge in [-0.1, -0.05) is 0 Å². The maximum atomic E-state index is 10.7. The third kappa shape index (κ3) is 1.91. The topological polar surface area (TPSA) is 72.8 Å². The number of fused-ring (bicyclic) bond motifs is 2. The molecular formula is C15H14O5. The molecule has 0 aliphatic rings. The van der Waals surface area contributed by atoms with Crippen molar-refractivity contribution in [3.8, 4) is 5.75 Å². The van der Waals surface area contributed by atoms with E-state index in [0.717, 1.165) is 21.9 Å². The fourth-order valence-electron chi connectivity index (χ4n) is 2.56. The molecule has 2 aromatic heterocycles. The van der Waals surface area contributed by atoms with Crippen molar-refractivity contribution in [3.05, 3.63) is 30.2 Å². The van der Waals surface area contributed by atoms with E-state index in [4.69, 9.17) is 18.7 Å². The largest absolute Gasteiger partial charge is 0.492 e. The average molecular weight is 274 g/mol. The molecule has 0 aliphatic carbocycles. The van der Waals surface area contributed by atoms with Crippen LogP contribution >= 0.6 is 0 Å². The number of furan rings is 2. The molecule has 3 rings (SSSR count). The van der Waals surface area contributed by atoms with Crippen molar-refractivity contribution >= 4 is 27.9 Å². The lowest BCUT2D eigenvalue weighted by Gasteiger charge is -2.08. The Morgan fingerprint density at radius 1 is 1.20 bits per heavy atom.